The van der Waals surface area contributed by atoms with Gasteiger partial charge >= 0.3 is 5.97 Å². The van der Waals surface area contributed by atoms with E-state index in [1.165, 1.54) is 19.2 Å². The van der Waals surface area contributed by atoms with Crippen LogP contribution in [0.1, 0.15) is 18.1 Å². The molecule has 2 N–H and O–H groups in total. The van der Waals surface area contributed by atoms with E-state index in [1.54, 1.807) is 37.3 Å². The van der Waals surface area contributed by atoms with Crippen LogP contribution in [0, 0.1) is 0 Å². The number of benzene rings is 2. The summed E-state index contributed by atoms with van der Waals surface area (Å²) in [6, 6.07) is 11.2. The first kappa shape index (κ1) is 17.0. The van der Waals surface area contributed by atoms with Crippen LogP contribution in [0.4, 0.5) is 0 Å². The van der Waals surface area contributed by atoms with Crippen LogP contribution in [0.5, 0.6) is 17.2 Å². The largest absolute Gasteiger partial charge is 0.504 e. The molecule has 23 heavy (non-hydrogen) atoms. The van der Waals surface area contributed by atoms with Crippen LogP contribution in [0.25, 0.3) is 0 Å². The third-order valence-corrected chi connectivity index (χ3v) is 3.99. The standard InChI is InChI=1S/C17H17ClO5/c1-3-23-16(21)17(18,11-7-5-4-6-8-11)12-9-13(19)15(20)14(10-12)22-2/h4-10,19-20H,3H2,1-2H3. The van der Waals surface area contributed by atoms with E-state index < -0.39 is 22.3 Å². The summed E-state index contributed by atoms with van der Waals surface area (Å²) in [5.41, 5.74) is 0.711. The van der Waals surface area contributed by atoms with Crippen molar-refractivity contribution in [1.82, 2.24) is 0 Å². The van der Waals surface area contributed by atoms with E-state index in [4.69, 9.17) is 21.1 Å². The third-order valence-electron chi connectivity index (χ3n) is 3.40. The molecule has 0 aliphatic carbocycles. The number of hydrogen-bond donors (Lipinski definition) is 2. The highest BCUT2D eigenvalue weighted by atomic mass is 35.5. The molecule has 0 radical (unpaired) electrons. The Morgan fingerprint density at radius 2 is 1.83 bits per heavy atom. The second-order valence-corrected chi connectivity index (χ2v) is 5.36. The molecule has 1 unspecified atom stereocenters. The number of aromatic hydroxyl groups is 2. The van der Waals surface area contributed by atoms with Crippen LogP contribution in [-0.4, -0.2) is 29.9 Å². The fraction of sp³-hybridized carbons (Fsp3) is 0.235. The molecule has 6 heteroatoms. The van der Waals surface area contributed by atoms with Crippen molar-refractivity contribution in [2.75, 3.05) is 13.7 Å². The van der Waals surface area contributed by atoms with Gasteiger partial charge in [-0.2, -0.15) is 0 Å². The van der Waals surface area contributed by atoms with Crippen molar-refractivity contribution in [2.24, 2.45) is 0 Å². The Labute approximate surface area is 139 Å². The van der Waals surface area contributed by atoms with Gasteiger partial charge in [-0.25, -0.2) is 4.79 Å². The van der Waals surface area contributed by atoms with E-state index in [1.807, 2.05) is 0 Å². The molecule has 2 aromatic carbocycles. The fourth-order valence-electron chi connectivity index (χ4n) is 2.25. The highest BCUT2D eigenvalue weighted by Crippen LogP contribution is 2.45. The van der Waals surface area contributed by atoms with Crippen molar-refractivity contribution in [1.29, 1.82) is 0 Å². The Morgan fingerprint density at radius 1 is 1.17 bits per heavy atom. The van der Waals surface area contributed by atoms with Crippen LogP contribution in [0.2, 0.25) is 0 Å². The highest BCUT2D eigenvalue weighted by Gasteiger charge is 2.42. The molecule has 5 nitrogen and oxygen atoms in total. The molecule has 0 bridgehead atoms. The van der Waals surface area contributed by atoms with Gasteiger partial charge in [-0.3, -0.25) is 0 Å². The van der Waals surface area contributed by atoms with Gasteiger partial charge in [0.2, 0.25) is 5.75 Å². The summed E-state index contributed by atoms with van der Waals surface area (Å²) in [5, 5.41) is 19.7. The lowest BCUT2D eigenvalue weighted by Gasteiger charge is -2.26. The summed E-state index contributed by atoms with van der Waals surface area (Å²) in [6.45, 7) is 1.83. The van der Waals surface area contributed by atoms with Crippen molar-refractivity contribution >= 4 is 17.6 Å². The maximum atomic E-state index is 12.5. The lowest BCUT2D eigenvalue weighted by Crippen LogP contribution is -2.33. The molecule has 0 amide bonds. The number of hydrogen-bond acceptors (Lipinski definition) is 5. The second-order valence-electron chi connectivity index (χ2n) is 4.79. The van der Waals surface area contributed by atoms with E-state index in [-0.39, 0.29) is 17.9 Å². The summed E-state index contributed by atoms with van der Waals surface area (Å²) < 4.78 is 10.1. The topological polar surface area (TPSA) is 76.0 Å². The molecule has 0 aliphatic heterocycles. The Bertz CT molecular complexity index is 702. The number of carbonyl (C=O) groups excluding carboxylic acids is 1. The number of halogens is 1. The average Bonchev–Trinajstić information content (AvgIpc) is 2.57. The average molecular weight is 337 g/mol. The van der Waals surface area contributed by atoms with Crippen LogP contribution in [0.3, 0.4) is 0 Å². The van der Waals surface area contributed by atoms with Gasteiger partial charge < -0.3 is 19.7 Å². The molecule has 0 saturated heterocycles. The van der Waals surface area contributed by atoms with Crippen molar-refractivity contribution in [3.63, 3.8) is 0 Å². The van der Waals surface area contributed by atoms with Crippen LogP contribution >= 0.6 is 11.6 Å². The van der Waals surface area contributed by atoms with E-state index in [0.717, 1.165) is 0 Å². The zero-order chi connectivity index (χ0) is 17.0. The van der Waals surface area contributed by atoms with Crippen LogP contribution in [-0.2, 0) is 14.4 Å². The van der Waals surface area contributed by atoms with Gasteiger partial charge in [0, 0.05) is 0 Å². The first-order valence-electron chi connectivity index (χ1n) is 6.97. The number of ether oxygens (including phenoxy) is 2. The molecule has 2 aromatic rings. The Kier molecular flexibility index (Phi) is 5.01. The molecule has 122 valence electrons. The molecule has 0 heterocycles. The molecular formula is C17H17ClO5. The van der Waals surface area contributed by atoms with Crippen molar-refractivity contribution in [3.8, 4) is 17.2 Å². The van der Waals surface area contributed by atoms with E-state index in [9.17, 15) is 15.0 Å². The first-order valence-corrected chi connectivity index (χ1v) is 7.35. The minimum absolute atomic E-state index is 0.00487. The lowest BCUT2D eigenvalue weighted by atomic mass is 9.89. The van der Waals surface area contributed by atoms with Crippen LogP contribution in [0.15, 0.2) is 42.5 Å². The molecular weight excluding hydrogens is 320 g/mol. The predicted octanol–water partition coefficient (Wildman–Crippen LogP) is 3.15. The number of phenols is 2. The molecule has 0 spiro atoms. The quantitative estimate of drug-likeness (QED) is 0.498. The summed E-state index contributed by atoms with van der Waals surface area (Å²) >= 11 is 6.65. The predicted molar refractivity (Wildman–Crippen MR) is 86.0 cm³/mol. The maximum Gasteiger partial charge on any atom is 0.336 e. The molecule has 0 aromatic heterocycles. The molecule has 2 rings (SSSR count). The van der Waals surface area contributed by atoms with Crippen molar-refractivity contribution < 1.29 is 24.5 Å². The number of alkyl halides is 1. The Hall–Kier alpha value is -2.40. The number of methoxy groups -OCH3 is 1. The minimum Gasteiger partial charge on any atom is -0.504 e. The zero-order valence-corrected chi connectivity index (χ0v) is 13.5. The number of carbonyl (C=O) groups is 1. The van der Waals surface area contributed by atoms with Gasteiger partial charge in [0.1, 0.15) is 0 Å². The van der Waals surface area contributed by atoms with Crippen molar-refractivity contribution in [2.45, 2.75) is 11.8 Å². The lowest BCUT2D eigenvalue weighted by molar-refractivity contribution is -0.145. The van der Waals surface area contributed by atoms with Gasteiger partial charge in [-0.15, -0.1) is 0 Å². The summed E-state index contributed by atoms with van der Waals surface area (Å²) in [7, 11) is 1.33. The number of phenolic OH excluding ortho intramolecular Hbond substituents is 2. The normalized spacial score (nSPS) is 13.2. The summed E-state index contributed by atoms with van der Waals surface area (Å²) in [6.07, 6.45) is 0. The Balaban J connectivity index is 2.68. The smallest absolute Gasteiger partial charge is 0.336 e. The molecule has 1 atom stereocenters. The van der Waals surface area contributed by atoms with Gasteiger partial charge in [-0.1, -0.05) is 41.9 Å². The van der Waals surface area contributed by atoms with E-state index in [0.29, 0.717) is 5.56 Å². The zero-order valence-electron chi connectivity index (χ0n) is 12.7. The second kappa shape index (κ2) is 6.79. The summed E-state index contributed by atoms with van der Waals surface area (Å²) in [4.78, 5) is 10.9. The number of rotatable bonds is 5. The molecule has 0 saturated carbocycles. The Morgan fingerprint density at radius 3 is 2.39 bits per heavy atom. The minimum atomic E-state index is -1.67. The van der Waals surface area contributed by atoms with Gasteiger partial charge in [0.05, 0.1) is 13.7 Å². The summed E-state index contributed by atoms with van der Waals surface area (Å²) in [5.74, 6) is -1.54. The number of esters is 1. The first-order chi connectivity index (χ1) is 10.9. The maximum absolute atomic E-state index is 12.5. The SMILES string of the molecule is CCOC(=O)C(Cl)(c1ccccc1)c1cc(O)c(O)c(OC)c1. The highest BCUT2D eigenvalue weighted by molar-refractivity contribution is 6.36. The third kappa shape index (κ3) is 3.05. The van der Waals surface area contributed by atoms with E-state index in [2.05, 4.69) is 0 Å². The van der Waals surface area contributed by atoms with E-state index >= 15 is 0 Å². The fourth-order valence-corrected chi connectivity index (χ4v) is 2.54. The van der Waals surface area contributed by atoms with Gasteiger partial charge in [0.25, 0.3) is 0 Å². The van der Waals surface area contributed by atoms with Gasteiger partial charge in [0.15, 0.2) is 16.4 Å². The monoisotopic (exact) mass is 336 g/mol. The molecule has 0 fully saturated rings. The van der Waals surface area contributed by atoms with Crippen molar-refractivity contribution in [3.05, 3.63) is 53.6 Å². The molecule has 0 aliphatic rings. The van der Waals surface area contributed by atoms with Crippen LogP contribution < -0.4 is 4.74 Å². The van der Waals surface area contributed by atoms with Gasteiger partial charge in [-0.05, 0) is 30.2 Å².